The van der Waals surface area contributed by atoms with Crippen molar-refractivity contribution in [2.24, 2.45) is 7.05 Å². The highest BCUT2D eigenvalue weighted by molar-refractivity contribution is 6.39. The van der Waals surface area contributed by atoms with Gasteiger partial charge in [-0.25, -0.2) is 4.68 Å². The number of hydrogen-bond donors (Lipinski definition) is 1. The molecule has 0 unspecified atom stereocenters. The van der Waals surface area contributed by atoms with Crippen LogP contribution in [0.4, 0.5) is 13.2 Å². The van der Waals surface area contributed by atoms with E-state index in [1.54, 1.807) is 6.92 Å². The summed E-state index contributed by atoms with van der Waals surface area (Å²) in [5.74, 6) is -0.913. The largest absolute Gasteiger partial charge is 0.493 e. The van der Waals surface area contributed by atoms with Gasteiger partial charge in [0.05, 0.1) is 17.3 Å². The average molecular weight is 410 g/mol. The lowest BCUT2D eigenvalue weighted by molar-refractivity contribution is -0.144. The molecule has 0 radical (unpaired) electrons. The zero-order chi connectivity index (χ0) is 19.8. The molecule has 0 bridgehead atoms. The van der Waals surface area contributed by atoms with Gasteiger partial charge < -0.3 is 5.11 Å². The van der Waals surface area contributed by atoms with E-state index < -0.39 is 18.5 Å². The van der Waals surface area contributed by atoms with Gasteiger partial charge in [-0.05, 0) is 26.1 Å². The van der Waals surface area contributed by atoms with E-state index in [9.17, 15) is 23.1 Å². The second-order valence-electron chi connectivity index (χ2n) is 5.91. The van der Waals surface area contributed by atoms with Crippen LogP contribution in [0.3, 0.4) is 0 Å². The number of carbonyl (C=O) groups is 1. The smallest absolute Gasteiger partial charge is 0.401 e. The first kappa shape index (κ1) is 20.5. The van der Waals surface area contributed by atoms with E-state index in [2.05, 4.69) is 5.10 Å². The van der Waals surface area contributed by atoms with Crippen LogP contribution in [-0.2, 0) is 13.6 Å². The Bertz CT molecular complexity index is 850. The Balaban J connectivity index is 2.42. The van der Waals surface area contributed by atoms with Crippen LogP contribution < -0.4 is 0 Å². The second-order valence-corrected chi connectivity index (χ2v) is 6.70. The Kier molecular flexibility index (Phi) is 5.89. The van der Waals surface area contributed by atoms with Gasteiger partial charge in [0.1, 0.15) is 5.56 Å². The minimum absolute atomic E-state index is 0.0219. The van der Waals surface area contributed by atoms with Crippen LogP contribution in [0, 0.1) is 6.92 Å². The molecule has 0 fully saturated rings. The minimum atomic E-state index is -4.38. The summed E-state index contributed by atoms with van der Waals surface area (Å²) in [5.41, 5.74) is 0.507. The summed E-state index contributed by atoms with van der Waals surface area (Å²) in [6.07, 6.45) is -4.38. The molecule has 1 heterocycles. The van der Waals surface area contributed by atoms with Crippen molar-refractivity contribution < 1.29 is 23.1 Å². The molecule has 0 atom stereocenters. The Morgan fingerprint density at radius 3 is 2.46 bits per heavy atom. The van der Waals surface area contributed by atoms with Crippen LogP contribution in [0.1, 0.15) is 27.2 Å². The predicted octanol–water partition coefficient (Wildman–Crippen LogP) is 3.97. The molecule has 1 aromatic heterocycles. The second kappa shape index (κ2) is 7.46. The van der Waals surface area contributed by atoms with E-state index in [-0.39, 0.29) is 39.2 Å². The average Bonchev–Trinajstić information content (AvgIpc) is 2.74. The molecule has 0 amide bonds. The Hall–Kier alpha value is -1.77. The summed E-state index contributed by atoms with van der Waals surface area (Å²) in [7, 11) is 2.74. The van der Waals surface area contributed by atoms with Gasteiger partial charge in [-0.3, -0.25) is 9.69 Å². The maximum atomic E-state index is 12.8. The van der Waals surface area contributed by atoms with E-state index in [1.807, 2.05) is 0 Å². The molecule has 1 aromatic carbocycles. The molecule has 0 spiro atoms. The fraction of sp³-hybridized carbons (Fsp3) is 0.375. The highest BCUT2D eigenvalue weighted by Crippen LogP contribution is 2.33. The van der Waals surface area contributed by atoms with Crippen molar-refractivity contribution >= 4 is 29.0 Å². The number of benzene rings is 1. The van der Waals surface area contributed by atoms with Gasteiger partial charge in [0.25, 0.3) is 0 Å². The van der Waals surface area contributed by atoms with E-state index in [4.69, 9.17) is 23.2 Å². The van der Waals surface area contributed by atoms with Gasteiger partial charge in [0, 0.05) is 29.7 Å². The number of halogens is 5. The van der Waals surface area contributed by atoms with Crippen molar-refractivity contribution in [3.8, 4) is 5.88 Å². The van der Waals surface area contributed by atoms with Crippen molar-refractivity contribution in [3.05, 3.63) is 44.6 Å². The first-order valence-corrected chi connectivity index (χ1v) is 8.17. The third-order valence-electron chi connectivity index (χ3n) is 3.73. The highest BCUT2D eigenvalue weighted by Gasteiger charge is 2.30. The molecular formula is C16H16Cl2F3N3O2. The fourth-order valence-corrected chi connectivity index (χ4v) is 3.17. The predicted molar refractivity (Wildman–Crippen MR) is 91.9 cm³/mol. The number of aromatic nitrogens is 2. The number of hydrogen-bond acceptors (Lipinski definition) is 4. The standard InChI is InChI=1S/C16H16Cl2F3N3O2/c1-8-12(15(26)24(3)22-8)14(25)9-4-5-11(17)10(13(9)18)6-23(2)7-16(19,20)21/h4-5,26H,6-7H2,1-3H3. The van der Waals surface area contributed by atoms with Gasteiger partial charge in [0.15, 0.2) is 0 Å². The van der Waals surface area contributed by atoms with Crippen LogP contribution in [0.25, 0.3) is 0 Å². The van der Waals surface area contributed by atoms with E-state index in [0.29, 0.717) is 5.69 Å². The molecule has 10 heteroatoms. The zero-order valence-corrected chi connectivity index (χ0v) is 15.7. The lowest BCUT2D eigenvalue weighted by Gasteiger charge is -2.20. The quantitative estimate of drug-likeness (QED) is 0.759. The van der Waals surface area contributed by atoms with Gasteiger partial charge in [-0.15, -0.1) is 0 Å². The lowest BCUT2D eigenvalue weighted by atomic mass is 10.0. The molecule has 0 saturated heterocycles. The first-order valence-electron chi connectivity index (χ1n) is 7.41. The van der Waals surface area contributed by atoms with Crippen molar-refractivity contribution in [2.75, 3.05) is 13.6 Å². The summed E-state index contributed by atoms with van der Waals surface area (Å²) in [4.78, 5) is 13.8. The van der Waals surface area contributed by atoms with Gasteiger partial charge in [0.2, 0.25) is 11.7 Å². The monoisotopic (exact) mass is 409 g/mol. The number of alkyl halides is 3. The number of aromatic hydroxyl groups is 1. The maximum Gasteiger partial charge on any atom is 0.401 e. The summed E-state index contributed by atoms with van der Waals surface area (Å²) in [6, 6.07) is 2.76. The third kappa shape index (κ3) is 4.31. The fourth-order valence-electron chi connectivity index (χ4n) is 2.60. The molecule has 1 N–H and O–H groups in total. The van der Waals surface area contributed by atoms with Crippen LogP contribution in [0.15, 0.2) is 12.1 Å². The SMILES string of the molecule is Cc1nn(C)c(O)c1C(=O)c1ccc(Cl)c(CN(C)CC(F)(F)F)c1Cl. The lowest BCUT2D eigenvalue weighted by Crippen LogP contribution is -2.30. The van der Waals surface area contributed by atoms with Gasteiger partial charge in [-0.2, -0.15) is 18.3 Å². The van der Waals surface area contributed by atoms with Crippen molar-refractivity contribution in [1.82, 2.24) is 14.7 Å². The van der Waals surface area contributed by atoms with Crippen LogP contribution in [-0.4, -0.2) is 45.3 Å². The molecular weight excluding hydrogens is 394 g/mol. The molecule has 2 aromatic rings. The van der Waals surface area contributed by atoms with Crippen LogP contribution >= 0.6 is 23.2 Å². The van der Waals surface area contributed by atoms with E-state index in [0.717, 1.165) is 9.58 Å². The molecule has 5 nitrogen and oxygen atoms in total. The molecule has 26 heavy (non-hydrogen) atoms. The Morgan fingerprint density at radius 2 is 1.96 bits per heavy atom. The first-order chi connectivity index (χ1) is 11.9. The number of ketones is 1. The topological polar surface area (TPSA) is 58.4 Å². The van der Waals surface area contributed by atoms with Crippen molar-refractivity contribution in [2.45, 2.75) is 19.6 Å². The Labute approximate surface area is 157 Å². The molecule has 142 valence electrons. The number of aryl methyl sites for hydroxylation is 2. The molecule has 2 rings (SSSR count). The van der Waals surface area contributed by atoms with Crippen LogP contribution in [0.5, 0.6) is 5.88 Å². The summed E-state index contributed by atoms with van der Waals surface area (Å²) >= 11 is 12.3. The molecule has 0 saturated carbocycles. The number of rotatable bonds is 5. The summed E-state index contributed by atoms with van der Waals surface area (Å²) in [5, 5.41) is 14.1. The van der Waals surface area contributed by atoms with Gasteiger partial charge >= 0.3 is 6.18 Å². The zero-order valence-electron chi connectivity index (χ0n) is 14.2. The number of nitrogens with zero attached hydrogens (tertiary/aromatic N) is 3. The molecule has 0 aliphatic carbocycles. The normalized spacial score (nSPS) is 12.0. The molecule has 0 aliphatic rings. The van der Waals surface area contributed by atoms with E-state index >= 15 is 0 Å². The van der Waals surface area contributed by atoms with Crippen molar-refractivity contribution in [3.63, 3.8) is 0 Å². The third-order valence-corrected chi connectivity index (χ3v) is 4.51. The Morgan fingerprint density at radius 1 is 1.35 bits per heavy atom. The summed E-state index contributed by atoms with van der Waals surface area (Å²) < 4.78 is 38.7. The summed E-state index contributed by atoms with van der Waals surface area (Å²) in [6.45, 7) is 0.200. The molecule has 0 aliphatic heterocycles. The van der Waals surface area contributed by atoms with Gasteiger partial charge in [-0.1, -0.05) is 23.2 Å². The highest BCUT2D eigenvalue weighted by atomic mass is 35.5. The van der Waals surface area contributed by atoms with Crippen LogP contribution in [0.2, 0.25) is 10.0 Å². The number of carbonyl (C=O) groups excluding carboxylic acids is 1. The van der Waals surface area contributed by atoms with E-state index in [1.165, 1.54) is 26.2 Å². The maximum absolute atomic E-state index is 12.8. The van der Waals surface area contributed by atoms with Crippen molar-refractivity contribution in [1.29, 1.82) is 0 Å². The minimum Gasteiger partial charge on any atom is -0.493 e.